The van der Waals surface area contributed by atoms with Crippen LogP contribution in [0.15, 0.2) is 18.2 Å². The summed E-state index contributed by atoms with van der Waals surface area (Å²) in [6.07, 6.45) is 0.531. The van der Waals surface area contributed by atoms with Gasteiger partial charge in [-0.2, -0.15) is 5.26 Å². The molecule has 0 aliphatic carbocycles. The van der Waals surface area contributed by atoms with Crippen LogP contribution in [-0.4, -0.2) is 36.2 Å². The first kappa shape index (κ1) is 18.2. The Morgan fingerprint density at radius 3 is 2.92 bits per heavy atom. The number of halogens is 1. The molecule has 0 bridgehead atoms. The lowest BCUT2D eigenvalue weighted by Crippen LogP contribution is -2.36. The summed E-state index contributed by atoms with van der Waals surface area (Å²) in [6, 6.07) is 6.45. The Bertz CT molecular complexity index is 634. The largest absolute Gasteiger partial charge is 0.444 e. The van der Waals surface area contributed by atoms with Crippen molar-refractivity contribution in [2.45, 2.75) is 39.3 Å². The zero-order valence-corrected chi connectivity index (χ0v) is 14.4. The van der Waals surface area contributed by atoms with E-state index in [9.17, 15) is 9.18 Å². The van der Waals surface area contributed by atoms with Crippen LogP contribution in [0.4, 0.5) is 9.18 Å². The van der Waals surface area contributed by atoms with Gasteiger partial charge in [0.25, 0.3) is 0 Å². The predicted molar refractivity (Wildman–Crippen MR) is 88.7 cm³/mol. The second kappa shape index (κ2) is 7.63. The van der Waals surface area contributed by atoms with Crippen molar-refractivity contribution in [2.24, 2.45) is 5.92 Å². The highest BCUT2D eigenvalue weighted by molar-refractivity contribution is 5.67. The van der Waals surface area contributed by atoms with E-state index < -0.39 is 11.7 Å². The molecule has 1 heterocycles. The van der Waals surface area contributed by atoms with Crippen molar-refractivity contribution < 1.29 is 13.9 Å². The fourth-order valence-corrected chi connectivity index (χ4v) is 2.77. The van der Waals surface area contributed by atoms with Gasteiger partial charge < -0.3 is 10.1 Å². The molecular formula is C18H24FN3O2. The number of nitrogens with zero attached hydrogens (tertiary/aromatic N) is 2. The Kier molecular flexibility index (Phi) is 5.79. The maximum Gasteiger partial charge on any atom is 0.407 e. The van der Waals surface area contributed by atoms with E-state index in [1.54, 1.807) is 6.07 Å². The number of alkyl carbamates (subject to hydrolysis) is 1. The summed E-state index contributed by atoms with van der Waals surface area (Å²) in [5, 5.41) is 11.7. The summed E-state index contributed by atoms with van der Waals surface area (Å²) < 4.78 is 19.1. The molecule has 130 valence electrons. The molecule has 2 rings (SSSR count). The standard InChI is InChI=1S/C18H24FN3O2/c1-18(2,3)24-17(23)21-10-14-6-7-22(11-14)12-15-8-13(9-20)4-5-16(15)19/h4-5,8,14H,6-7,10-12H2,1-3H3,(H,21,23)/t14-/m1/s1. The van der Waals surface area contributed by atoms with Crippen LogP contribution in [-0.2, 0) is 11.3 Å². The average Bonchev–Trinajstić information content (AvgIpc) is 2.93. The van der Waals surface area contributed by atoms with Gasteiger partial charge in [0.2, 0.25) is 0 Å². The lowest BCUT2D eigenvalue weighted by molar-refractivity contribution is 0.0519. The minimum absolute atomic E-state index is 0.288. The summed E-state index contributed by atoms with van der Waals surface area (Å²) >= 11 is 0. The third-order valence-electron chi connectivity index (χ3n) is 3.87. The molecule has 1 fully saturated rings. The summed E-state index contributed by atoms with van der Waals surface area (Å²) in [5.41, 5.74) is 0.498. The highest BCUT2D eigenvalue weighted by Crippen LogP contribution is 2.20. The summed E-state index contributed by atoms with van der Waals surface area (Å²) in [6.45, 7) is 8.13. The molecule has 1 aliphatic rings. The predicted octanol–water partition coefficient (Wildman–Crippen LogP) is 3.04. The van der Waals surface area contributed by atoms with Gasteiger partial charge in [0.05, 0.1) is 11.6 Å². The first-order valence-electron chi connectivity index (χ1n) is 8.14. The molecule has 0 unspecified atom stereocenters. The molecular weight excluding hydrogens is 309 g/mol. The Hall–Kier alpha value is -2.13. The molecule has 0 saturated carbocycles. The summed E-state index contributed by atoms with van der Waals surface area (Å²) in [5.74, 6) is 0.0315. The number of amides is 1. The van der Waals surface area contributed by atoms with E-state index in [1.165, 1.54) is 12.1 Å². The summed E-state index contributed by atoms with van der Waals surface area (Å²) in [4.78, 5) is 13.8. The molecule has 0 spiro atoms. The van der Waals surface area contributed by atoms with E-state index in [-0.39, 0.29) is 5.82 Å². The highest BCUT2D eigenvalue weighted by atomic mass is 19.1. The molecule has 1 amide bonds. The van der Waals surface area contributed by atoms with Crippen LogP contribution in [0.3, 0.4) is 0 Å². The van der Waals surface area contributed by atoms with E-state index in [0.29, 0.717) is 30.1 Å². The van der Waals surface area contributed by atoms with Gasteiger partial charge in [0.15, 0.2) is 0 Å². The van der Waals surface area contributed by atoms with Crippen LogP contribution < -0.4 is 5.32 Å². The first-order chi connectivity index (χ1) is 11.3. The number of rotatable bonds is 4. The third kappa shape index (κ3) is 5.50. The lowest BCUT2D eigenvalue weighted by Gasteiger charge is -2.21. The van der Waals surface area contributed by atoms with Crippen molar-refractivity contribution in [3.63, 3.8) is 0 Å². The zero-order valence-electron chi connectivity index (χ0n) is 14.4. The molecule has 0 radical (unpaired) electrons. The van der Waals surface area contributed by atoms with Crippen LogP contribution in [0.1, 0.15) is 38.3 Å². The Balaban J connectivity index is 1.81. The van der Waals surface area contributed by atoms with Crippen molar-refractivity contribution in [1.82, 2.24) is 10.2 Å². The normalized spacial score (nSPS) is 18.2. The fourth-order valence-electron chi connectivity index (χ4n) is 2.77. The van der Waals surface area contributed by atoms with Crippen LogP contribution in [0.2, 0.25) is 0 Å². The summed E-state index contributed by atoms with van der Waals surface area (Å²) in [7, 11) is 0. The molecule has 1 aromatic carbocycles. The molecule has 1 aromatic rings. The molecule has 1 aliphatic heterocycles. The van der Waals surface area contributed by atoms with Crippen LogP contribution in [0, 0.1) is 23.1 Å². The van der Waals surface area contributed by atoms with Crippen LogP contribution >= 0.6 is 0 Å². The zero-order chi connectivity index (χ0) is 17.7. The monoisotopic (exact) mass is 333 g/mol. The number of benzene rings is 1. The maximum atomic E-state index is 13.9. The second-order valence-electron chi connectivity index (χ2n) is 7.19. The number of carbonyl (C=O) groups is 1. The number of hydrogen-bond acceptors (Lipinski definition) is 4. The van der Waals surface area contributed by atoms with Gasteiger partial charge in [-0.3, -0.25) is 4.90 Å². The van der Waals surface area contributed by atoms with Gasteiger partial charge in [0.1, 0.15) is 11.4 Å². The molecule has 6 heteroatoms. The van der Waals surface area contributed by atoms with Crippen molar-refractivity contribution in [3.8, 4) is 6.07 Å². The molecule has 0 aromatic heterocycles. The van der Waals surface area contributed by atoms with Gasteiger partial charge in [0, 0.05) is 25.2 Å². The molecule has 5 nitrogen and oxygen atoms in total. The maximum absolute atomic E-state index is 13.9. The lowest BCUT2D eigenvalue weighted by atomic mass is 10.1. The number of ether oxygens (including phenoxy) is 1. The minimum Gasteiger partial charge on any atom is -0.444 e. The van der Waals surface area contributed by atoms with Crippen molar-refractivity contribution in [1.29, 1.82) is 5.26 Å². The van der Waals surface area contributed by atoms with Crippen molar-refractivity contribution in [2.75, 3.05) is 19.6 Å². The van der Waals surface area contributed by atoms with E-state index >= 15 is 0 Å². The topological polar surface area (TPSA) is 65.4 Å². The van der Waals surface area contributed by atoms with E-state index in [1.807, 2.05) is 26.8 Å². The highest BCUT2D eigenvalue weighted by Gasteiger charge is 2.24. The SMILES string of the molecule is CC(C)(C)OC(=O)NC[C@H]1CCN(Cc2cc(C#N)ccc2F)C1. The molecule has 24 heavy (non-hydrogen) atoms. The van der Waals surface area contributed by atoms with Gasteiger partial charge in [-0.1, -0.05) is 0 Å². The second-order valence-corrected chi connectivity index (χ2v) is 7.19. The van der Waals surface area contributed by atoms with Gasteiger partial charge in [-0.25, -0.2) is 9.18 Å². The molecule has 1 saturated heterocycles. The number of likely N-dealkylation sites (tertiary alicyclic amines) is 1. The smallest absolute Gasteiger partial charge is 0.407 e. The van der Waals surface area contributed by atoms with Gasteiger partial charge >= 0.3 is 6.09 Å². The van der Waals surface area contributed by atoms with Gasteiger partial charge in [-0.05, 0) is 57.9 Å². The number of nitrogens with one attached hydrogen (secondary N) is 1. The van der Waals surface area contributed by atoms with Crippen LogP contribution in [0.25, 0.3) is 0 Å². The Morgan fingerprint density at radius 2 is 2.25 bits per heavy atom. The van der Waals surface area contributed by atoms with Crippen molar-refractivity contribution in [3.05, 3.63) is 35.1 Å². The quantitative estimate of drug-likeness (QED) is 0.920. The average molecular weight is 333 g/mol. The Morgan fingerprint density at radius 1 is 1.50 bits per heavy atom. The number of carbonyl (C=O) groups excluding carboxylic acids is 1. The first-order valence-corrected chi connectivity index (χ1v) is 8.14. The molecule has 1 N–H and O–H groups in total. The fraction of sp³-hybridized carbons (Fsp3) is 0.556. The minimum atomic E-state index is -0.505. The van der Waals surface area contributed by atoms with E-state index in [2.05, 4.69) is 10.2 Å². The van der Waals surface area contributed by atoms with E-state index in [0.717, 1.165) is 19.5 Å². The third-order valence-corrected chi connectivity index (χ3v) is 3.87. The number of hydrogen-bond donors (Lipinski definition) is 1. The van der Waals surface area contributed by atoms with Crippen LogP contribution in [0.5, 0.6) is 0 Å². The van der Waals surface area contributed by atoms with Gasteiger partial charge in [-0.15, -0.1) is 0 Å². The van der Waals surface area contributed by atoms with E-state index in [4.69, 9.17) is 10.00 Å². The van der Waals surface area contributed by atoms with Crippen molar-refractivity contribution >= 4 is 6.09 Å². The molecule has 1 atom stereocenters. The number of nitriles is 1. The Labute approximate surface area is 142 Å².